The molecule has 1 aromatic rings. The predicted octanol–water partition coefficient (Wildman–Crippen LogP) is 3.23. The van der Waals surface area contributed by atoms with Gasteiger partial charge in [-0.15, -0.1) is 0 Å². The van der Waals surface area contributed by atoms with Crippen LogP contribution < -0.4 is 10.2 Å². The van der Waals surface area contributed by atoms with Gasteiger partial charge in [-0.2, -0.15) is 4.98 Å². The van der Waals surface area contributed by atoms with Crippen LogP contribution in [0.1, 0.15) is 45.6 Å². The third-order valence-electron chi connectivity index (χ3n) is 3.89. The first-order valence-corrected chi connectivity index (χ1v) is 7.34. The summed E-state index contributed by atoms with van der Waals surface area (Å²) in [6.45, 7) is 12.1. The minimum absolute atomic E-state index is 0.473. The third-order valence-corrected chi connectivity index (χ3v) is 3.89. The molecular weight excluding hydrogens is 236 g/mol. The fraction of sp³-hybridized carbons (Fsp3) is 0.733. The van der Waals surface area contributed by atoms with Crippen molar-refractivity contribution in [1.29, 1.82) is 0 Å². The van der Waals surface area contributed by atoms with Crippen LogP contribution in [0.4, 0.5) is 11.8 Å². The van der Waals surface area contributed by atoms with E-state index in [9.17, 15) is 0 Å². The number of aryl methyl sites for hydroxylation is 1. The van der Waals surface area contributed by atoms with Gasteiger partial charge in [0, 0.05) is 31.4 Å². The van der Waals surface area contributed by atoms with Crippen LogP contribution in [-0.2, 0) is 0 Å². The highest BCUT2D eigenvalue weighted by atomic mass is 15.2. The molecule has 0 spiro atoms. The summed E-state index contributed by atoms with van der Waals surface area (Å²) < 4.78 is 0. The Morgan fingerprint density at radius 1 is 1.32 bits per heavy atom. The third kappa shape index (κ3) is 3.58. The Morgan fingerprint density at radius 3 is 2.63 bits per heavy atom. The van der Waals surface area contributed by atoms with Crippen molar-refractivity contribution in [3.8, 4) is 0 Å². The van der Waals surface area contributed by atoms with Gasteiger partial charge in [-0.25, -0.2) is 4.98 Å². The summed E-state index contributed by atoms with van der Waals surface area (Å²) in [5, 5.41) is 3.27. The van der Waals surface area contributed by atoms with Crippen LogP contribution in [0.15, 0.2) is 6.20 Å². The lowest BCUT2D eigenvalue weighted by Crippen LogP contribution is -2.38. The molecule has 0 amide bonds. The molecule has 1 aliphatic rings. The van der Waals surface area contributed by atoms with Gasteiger partial charge < -0.3 is 10.2 Å². The molecule has 19 heavy (non-hydrogen) atoms. The van der Waals surface area contributed by atoms with Crippen molar-refractivity contribution in [2.24, 2.45) is 5.41 Å². The van der Waals surface area contributed by atoms with Crippen LogP contribution in [0.25, 0.3) is 0 Å². The summed E-state index contributed by atoms with van der Waals surface area (Å²) in [4.78, 5) is 11.4. The van der Waals surface area contributed by atoms with Gasteiger partial charge in [0.05, 0.1) is 0 Å². The average molecular weight is 262 g/mol. The Hall–Kier alpha value is -1.32. The summed E-state index contributed by atoms with van der Waals surface area (Å²) >= 11 is 0. The number of aromatic nitrogens is 2. The van der Waals surface area contributed by atoms with E-state index in [1.54, 1.807) is 0 Å². The van der Waals surface area contributed by atoms with Crippen LogP contribution in [0.5, 0.6) is 0 Å². The fourth-order valence-electron chi connectivity index (χ4n) is 2.40. The lowest BCUT2D eigenvalue weighted by Gasteiger charge is -2.38. The van der Waals surface area contributed by atoms with Crippen LogP contribution in [0.3, 0.4) is 0 Å². The number of hydrogen-bond donors (Lipinski definition) is 1. The van der Waals surface area contributed by atoms with E-state index in [-0.39, 0.29) is 0 Å². The summed E-state index contributed by atoms with van der Waals surface area (Å²) in [6, 6.07) is 0. The molecule has 0 aromatic carbocycles. The van der Waals surface area contributed by atoms with Gasteiger partial charge >= 0.3 is 0 Å². The largest absolute Gasteiger partial charge is 0.356 e. The second kappa shape index (κ2) is 5.76. The monoisotopic (exact) mass is 262 g/mol. The van der Waals surface area contributed by atoms with Crippen LogP contribution >= 0.6 is 0 Å². The van der Waals surface area contributed by atoms with Gasteiger partial charge in [0.15, 0.2) is 0 Å². The highest BCUT2D eigenvalue weighted by Gasteiger charge is 2.26. The van der Waals surface area contributed by atoms with E-state index in [4.69, 9.17) is 0 Å². The average Bonchev–Trinajstić information content (AvgIpc) is 2.38. The van der Waals surface area contributed by atoms with Gasteiger partial charge in [-0.05, 0) is 31.6 Å². The normalized spacial score (nSPS) is 18.4. The van der Waals surface area contributed by atoms with Crippen LogP contribution in [0.2, 0.25) is 0 Å². The summed E-state index contributed by atoms with van der Waals surface area (Å²) in [5.74, 6) is 1.86. The van der Waals surface area contributed by atoms with Crippen LogP contribution in [0, 0.1) is 12.3 Å². The van der Waals surface area contributed by atoms with E-state index in [2.05, 4.69) is 47.9 Å². The highest BCUT2D eigenvalue weighted by molar-refractivity contribution is 5.49. The highest BCUT2D eigenvalue weighted by Crippen LogP contribution is 2.32. The smallest absolute Gasteiger partial charge is 0.224 e. The molecule has 0 radical (unpaired) electrons. The van der Waals surface area contributed by atoms with E-state index in [0.29, 0.717) is 5.41 Å². The molecule has 4 heteroatoms. The molecule has 2 heterocycles. The van der Waals surface area contributed by atoms with Crippen molar-refractivity contribution in [3.63, 3.8) is 0 Å². The number of rotatable bonds is 4. The van der Waals surface area contributed by atoms with E-state index < -0.39 is 0 Å². The maximum atomic E-state index is 4.68. The summed E-state index contributed by atoms with van der Waals surface area (Å²) in [5.41, 5.74) is 1.64. The van der Waals surface area contributed by atoms with Crippen molar-refractivity contribution in [1.82, 2.24) is 9.97 Å². The lowest BCUT2D eigenvalue weighted by atomic mass is 9.82. The lowest BCUT2D eigenvalue weighted by molar-refractivity contribution is 0.279. The van der Waals surface area contributed by atoms with E-state index in [1.165, 1.54) is 18.4 Å². The first kappa shape index (κ1) is 14.1. The maximum Gasteiger partial charge on any atom is 0.224 e. The van der Waals surface area contributed by atoms with Crippen molar-refractivity contribution in [2.75, 3.05) is 29.9 Å². The molecule has 1 N–H and O–H groups in total. The molecule has 0 aliphatic carbocycles. The van der Waals surface area contributed by atoms with Gasteiger partial charge in [-0.3, -0.25) is 0 Å². The Morgan fingerprint density at radius 2 is 2.00 bits per heavy atom. The minimum atomic E-state index is 0.473. The van der Waals surface area contributed by atoms with E-state index >= 15 is 0 Å². The zero-order chi connectivity index (χ0) is 13.9. The van der Waals surface area contributed by atoms with Crippen molar-refractivity contribution >= 4 is 11.8 Å². The molecule has 1 saturated heterocycles. The second-order valence-electron chi connectivity index (χ2n) is 6.28. The van der Waals surface area contributed by atoms with Gasteiger partial charge in [0.1, 0.15) is 5.82 Å². The zero-order valence-corrected chi connectivity index (χ0v) is 12.7. The number of nitrogens with one attached hydrogen (secondary N) is 1. The number of piperidine rings is 1. The van der Waals surface area contributed by atoms with Crippen molar-refractivity contribution < 1.29 is 0 Å². The molecule has 4 nitrogen and oxygen atoms in total. The van der Waals surface area contributed by atoms with Gasteiger partial charge in [0.25, 0.3) is 0 Å². The first-order chi connectivity index (χ1) is 9.02. The molecule has 1 fully saturated rings. The Balaban J connectivity index is 2.10. The Bertz CT molecular complexity index is 418. The molecule has 1 aromatic heterocycles. The Kier molecular flexibility index (Phi) is 4.27. The molecule has 106 valence electrons. The Labute approximate surface area is 116 Å². The van der Waals surface area contributed by atoms with E-state index in [0.717, 1.165) is 37.8 Å². The minimum Gasteiger partial charge on any atom is -0.356 e. The molecule has 0 atom stereocenters. The summed E-state index contributed by atoms with van der Waals surface area (Å²) in [6.07, 6.45) is 5.48. The maximum absolute atomic E-state index is 4.68. The number of nitrogens with zero attached hydrogens (tertiary/aromatic N) is 3. The number of anilines is 2. The topological polar surface area (TPSA) is 41.1 Å². The summed E-state index contributed by atoms with van der Waals surface area (Å²) in [7, 11) is 0. The van der Waals surface area contributed by atoms with E-state index in [1.807, 2.05) is 6.20 Å². The second-order valence-corrected chi connectivity index (χ2v) is 6.28. The SMILES string of the molecule is CCCNc1ncc(C)c(N2CCC(C)(C)CC2)n1. The molecular formula is C15H26N4. The van der Waals surface area contributed by atoms with Crippen molar-refractivity contribution in [2.45, 2.75) is 47.0 Å². The molecule has 0 bridgehead atoms. The molecule has 0 unspecified atom stereocenters. The van der Waals surface area contributed by atoms with Gasteiger partial charge in [-0.1, -0.05) is 20.8 Å². The number of hydrogen-bond acceptors (Lipinski definition) is 4. The predicted molar refractivity (Wildman–Crippen MR) is 80.8 cm³/mol. The van der Waals surface area contributed by atoms with Crippen molar-refractivity contribution in [3.05, 3.63) is 11.8 Å². The van der Waals surface area contributed by atoms with Gasteiger partial charge in [0.2, 0.25) is 5.95 Å². The molecule has 0 saturated carbocycles. The molecule has 1 aliphatic heterocycles. The quantitative estimate of drug-likeness (QED) is 0.904. The standard InChI is InChI=1S/C15H26N4/c1-5-8-16-14-17-11-12(2)13(18-14)19-9-6-15(3,4)7-10-19/h11H,5-10H2,1-4H3,(H,16,17,18). The molecule has 2 rings (SSSR count). The fourth-order valence-corrected chi connectivity index (χ4v) is 2.40. The first-order valence-electron chi connectivity index (χ1n) is 7.34. The van der Waals surface area contributed by atoms with Crippen LogP contribution in [-0.4, -0.2) is 29.6 Å². The zero-order valence-electron chi connectivity index (χ0n) is 12.7.